The van der Waals surface area contributed by atoms with Crippen molar-refractivity contribution in [2.45, 2.75) is 39.3 Å². The maximum atomic E-state index is 12.4. The van der Waals surface area contributed by atoms with Gasteiger partial charge in [0.2, 0.25) is 5.91 Å². The molecular formula is C28H26ClN5O3. The van der Waals surface area contributed by atoms with Gasteiger partial charge in [-0.05, 0) is 50.5 Å². The Kier molecular flexibility index (Phi) is 5.64. The first-order chi connectivity index (χ1) is 17.9. The fraction of sp³-hybridized carbons (Fsp3) is 0.286. The minimum Gasteiger partial charge on any atom is -0.457 e. The molecule has 0 bridgehead atoms. The van der Waals surface area contributed by atoms with Gasteiger partial charge in [0, 0.05) is 46.4 Å². The molecule has 9 heteroatoms. The van der Waals surface area contributed by atoms with Crippen LogP contribution in [0.25, 0.3) is 33.3 Å². The van der Waals surface area contributed by atoms with Crippen molar-refractivity contribution >= 4 is 34.4 Å². The Bertz CT molecular complexity index is 1590. The first kappa shape index (κ1) is 23.5. The second-order valence-corrected chi connectivity index (χ2v) is 10.1. The summed E-state index contributed by atoms with van der Waals surface area (Å²) in [5.74, 6) is -0.365. The molecule has 0 radical (unpaired) electrons. The van der Waals surface area contributed by atoms with E-state index in [0.717, 1.165) is 62.9 Å². The summed E-state index contributed by atoms with van der Waals surface area (Å²) in [6.45, 7) is 9.21. The van der Waals surface area contributed by atoms with Crippen LogP contribution in [0, 0.1) is 13.8 Å². The molecule has 2 aliphatic rings. The normalized spacial score (nSPS) is 15.8. The molecule has 2 aliphatic heterocycles. The number of ether oxygens (including phenoxy) is 1. The third kappa shape index (κ3) is 3.74. The average Bonchev–Trinajstić information content (AvgIpc) is 3.62. The van der Waals surface area contributed by atoms with Crippen LogP contribution in [0.3, 0.4) is 0 Å². The van der Waals surface area contributed by atoms with Crippen molar-refractivity contribution in [1.29, 1.82) is 0 Å². The molecule has 4 heterocycles. The maximum absolute atomic E-state index is 12.4. The van der Waals surface area contributed by atoms with Crippen molar-refractivity contribution < 1.29 is 14.3 Å². The van der Waals surface area contributed by atoms with Crippen LogP contribution < -0.4 is 0 Å². The smallest absolute Gasteiger partial charge is 0.338 e. The van der Waals surface area contributed by atoms with Gasteiger partial charge in [0.15, 0.2) is 0 Å². The van der Waals surface area contributed by atoms with E-state index in [1.165, 1.54) is 6.08 Å². The molecule has 1 amide bonds. The number of aromatic nitrogens is 4. The van der Waals surface area contributed by atoms with Gasteiger partial charge in [-0.15, -0.1) is 0 Å². The number of carbonyl (C=O) groups excluding carboxylic acids is 2. The zero-order valence-electron chi connectivity index (χ0n) is 20.7. The molecule has 1 saturated heterocycles. The van der Waals surface area contributed by atoms with Crippen molar-refractivity contribution in [3.8, 4) is 22.4 Å². The number of fused-ring (bicyclic) bond motifs is 2. The number of rotatable bonds is 4. The van der Waals surface area contributed by atoms with Crippen LogP contribution in [-0.4, -0.2) is 49.8 Å². The largest absolute Gasteiger partial charge is 0.457 e. The van der Waals surface area contributed by atoms with Gasteiger partial charge in [0.1, 0.15) is 12.3 Å². The molecule has 4 aromatic rings. The standard InChI is InChI=1S/C28H26ClN5O3/c1-4-23(35)33-9-7-19(8-10-33)34-16(3)24(25-21-13-30-31-22(21)11-15(2)26(25)29)27(32-34)17-5-6-18-14-37-28(36)20(18)12-17/h4-6,11-13,19H,1,7-10,14H2,2-3H3,(H,30,31). The number of nitrogens with one attached hydrogen (secondary N) is 1. The molecule has 0 atom stereocenters. The fourth-order valence-corrected chi connectivity index (χ4v) is 5.79. The molecule has 1 N–H and O–H groups in total. The summed E-state index contributed by atoms with van der Waals surface area (Å²) in [6.07, 6.45) is 4.71. The number of nitrogens with zero attached hydrogens (tertiary/aromatic N) is 4. The maximum Gasteiger partial charge on any atom is 0.338 e. The van der Waals surface area contributed by atoms with Gasteiger partial charge in [-0.3, -0.25) is 14.6 Å². The highest BCUT2D eigenvalue weighted by molar-refractivity contribution is 6.36. The first-order valence-corrected chi connectivity index (χ1v) is 12.7. The summed E-state index contributed by atoms with van der Waals surface area (Å²) < 4.78 is 7.30. The second-order valence-electron chi connectivity index (χ2n) is 9.68. The molecule has 0 aliphatic carbocycles. The number of H-pyrrole nitrogens is 1. The predicted octanol–water partition coefficient (Wildman–Crippen LogP) is 5.38. The molecular weight excluding hydrogens is 490 g/mol. The lowest BCUT2D eigenvalue weighted by molar-refractivity contribution is -0.127. The third-order valence-electron chi connectivity index (χ3n) is 7.52. The third-order valence-corrected chi connectivity index (χ3v) is 8.01. The van der Waals surface area contributed by atoms with Crippen LogP contribution in [0.15, 0.2) is 43.1 Å². The van der Waals surface area contributed by atoms with Gasteiger partial charge in [-0.1, -0.05) is 30.3 Å². The number of cyclic esters (lactones) is 1. The highest BCUT2D eigenvalue weighted by Gasteiger charge is 2.30. The van der Waals surface area contributed by atoms with Gasteiger partial charge in [-0.2, -0.15) is 10.2 Å². The van der Waals surface area contributed by atoms with E-state index in [2.05, 4.69) is 28.4 Å². The Balaban J connectivity index is 1.54. The van der Waals surface area contributed by atoms with Crippen LogP contribution in [0.4, 0.5) is 0 Å². The van der Waals surface area contributed by atoms with Crippen molar-refractivity contribution in [2.24, 2.45) is 0 Å². The van der Waals surface area contributed by atoms with Crippen LogP contribution in [-0.2, 0) is 16.1 Å². The first-order valence-electron chi connectivity index (χ1n) is 12.3. The lowest BCUT2D eigenvalue weighted by Gasteiger charge is -2.32. The van der Waals surface area contributed by atoms with E-state index >= 15 is 0 Å². The van der Waals surface area contributed by atoms with Gasteiger partial charge in [-0.25, -0.2) is 4.79 Å². The highest BCUT2D eigenvalue weighted by Crippen LogP contribution is 2.45. The van der Waals surface area contributed by atoms with Crippen molar-refractivity contribution in [3.63, 3.8) is 0 Å². The van der Waals surface area contributed by atoms with Gasteiger partial charge >= 0.3 is 5.97 Å². The molecule has 188 valence electrons. The number of aryl methyl sites for hydroxylation is 1. The van der Waals surface area contributed by atoms with E-state index in [0.29, 0.717) is 23.7 Å². The number of esters is 1. The number of likely N-dealkylation sites (tertiary alicyclic amines) is 1. The van der Waals surface area contributed by atoms with Crippen LogP contribution in [0.5, 0.6) is 0 Å². The Morgan fingerprint density at radius 2 is 2.00 bits per heavy atom. The molecule has 6 rings (SSSR count). The zero-order chi connectivity index (χ0) is 25.8. The molecule has 0 unspecified atom stereocenters. The van der Waals surface area contributed by atoms with Crippen LogP contribution in [0.1, 0.15) is 46.1 Å². The van der Waals surface area contributed by atoms with Crippen LogP contribution >= 0.6 is 11.6 Å². The molecule has 1 fully saturated rings. The lowest BCUT2D eigenvalue weighted by atomic mass is 9.93. The average molecular weight is 516 g/mol. The minimum atomic E-state index is -0.320. The molecule has 2 aromatic heterocycles. The van der Waals surface area contributed by atoms with E-state index in [1.807, 2.05) is 36.1 Å². The highest BCUT2D eigenvalue weighted by atomic mass is 35.5. The van der Waals surface area contributed by atoms with Crippen molar-refractivity contribution in [1.82, 2.24) is 24.9 Å². The molecule has 8 nitrogen and oxygen atoms in total. The predicted molar refractivity (Wildman–Crippen MR) is 141 cm³/mol. The lowest BCUT2D eigenvalue weighted by Crippen LogP contribution is -2.38. The molecule has 0 saturated carbocycles. The van der Waals surface area contributed by atoms with Gasteiger partial charge < -0.3 is 9.64 Å². The van der Waals surface area contributed by atoms with E-state index in [4.69, 9.17) is 21.4 Å². The van der Waals surface area contributed by atoms with Crippen molar-refractivity contribution in [2.75, 3.05) is 13.1 Å². The number of carbonyl (C=O) groups is 2. The van der Waals surface area contributed by atoms with Gasteiger partial charge in [0.25, 0.3) is 0 Å². The van der Waals surface area contributed by atoms with E-state index in [9.17, 15) is 9.59 Å². The number of halogens is 1. The van der Waals surface area contributed by atoms with Crippen LogP contribution in [0.2, 0.25) is 5.02 Å². The Morgan fingerprint density at radius 3 is 2.76 bits per heavy atom. The summed E-state index contributed by atoms with van der Waals surface area (Å²) in [6, 6.07) is 7.88. The number of aromatic amines is 1. The van der Waals surface area contributed by atoms with E-state index < -0.39 is 0 Å². The molecule has 37 heavy (non-hydrogen) atoms. The SMILES string of the molecule is C=CC(=O)N1CCC(n2nc(-c3ccc4c(c3)C(=O)OC4)c(-c3c(Cl)c(C)cc4[nH]ncc34)c2C)CC1. The minimum absolute atomic E-state index is 0.0454. The quantitative estimate of drug-likeness (QED) is 0.291. The Morgan fingerprint density at radius 1 is 1.22 bits per heavy atom. The number of amides is 1. The molecule has 2 aromatic carbocycles. The number of hydrogen-bond donors (Lipinski definition) is 1. The zero-order valence-corrected chi connectivity index (χ0v) is 21.4. The Hall–Kier alpha value is -3.91. The Labute approximate surface area is 218 Å². The fourth-order valence-electron chi connectivity index (χ4n) is 5.54. The topological polar surface area (TPSA) is 93.1 Å². The van der Waals surface area contributed by atoms with Gasteiger partial charge in [0.05, 0.1) is 28.3 Å². The number of benzene rings is 2. The summed E-state index contributed by atoms with van der Waals surface area (Å²) >= 11 is 6.97. The van der Waals surface area contributed by atoms with E-state index in [1.54, 1.807) is 6.20 Å². The van der Waals surface area contributed by atoms with Crippen molar-refractivity contribution in [3.05, 3.63) is 70.5 Å². The monoisotopic (exact) mass is 515 g/mol. The second kappa shape index (κ2) is 8.88. The number of piperidine rings is 1. The van der Waals surface area contributed by atoms with E-state index in [-0.39, 0.29) is 24.5 Å². The summed E-state index contributed by atoms with van der Waals surface area (Å²) in [4.78, 5) is 26.3. The summed E-state index contributed by atoms with van der Waals surface area (Å²) in [5, 5.41) is 14.0. The summed E-state index contributed by atoms with van der Waals surface area (Å²) in [7, 11) is 0. The summed E-state index contributed by atoms with van der Waals surface area (Å²) in [5.41, 5.74) is 7.59. The molecule has 0 spiro atoms. The number of hydrogen-bond acceptors (Lipinski definition) is 5.